The zero-order valence-corrected chi connectivity index (χ0v) is 16.5. The normalized spacial score (nSPS) is 14.7. The number of aryl methyl sites for hydroxylation is 1. The standard InChI is InChI=1S/C19H28N6S/c1-3-16-14-23-18(26-16)8-9-21-19(20-2)24-13-15-6-7-17(22-12-15)25-10-4-5-11-25/h6-7,12,14H,3-5,8-11,13H2,1-2H3,(H2,20,21,24). The van der Waals surface area contributed by atoms with Crippen LogP contribution in [0.25, 0.3) is 0 Å². The number of hydrogen-bond acceptors (Lipinski definition) is 5. The van der Waals surface area contributed by atoms with Crippen LogP contribution in [-0.4, -0.2) is 42.6 Å². The van der Waals surface area contributed by atoms with Gasteiger partial charge in [0.15, 0.2) is 5.96 Å². The second-order valence-electron chi connectivity index (χ2n) is 6.40. The predicted octanol–water partition coefficient (Wildman–Crippen LogP) is 2.61. The molecular formula is C19H28N6S. The van der Waals surface area contributed by atoms with Crippen molar-refractivity contribution < 1.29 is 0 Å². The molecule has 0 atom stereocenters. The number of nitrogens with one attached hydrogen (secondary N) is 2. The van der Waals surface area contributed by atoms with Crippen LogP contribution in [0.15, 0.2) is 29.5 Å². The van der Waals surface area contributed by atoms with Crippen molar-refractivity contribution in [3.63, 3.8) is 0 Å². The van der Waals surface area contributed by atoms with E-state index >= 15 is 0 Å². The minimum atomic E-state index is 0.712. The molecule has 1 aliphatic rings. The van der Waals surface area contributed by atoms with Crippen molar-refractivity contribution in [3.05, 3.63) is 40.0 Å². The lowest BCUT2D eigenvalue weighted by molar-refractivity contribution is 0.789. The van der Waals surface area contributed by atoms with Crippen molar-refractivity contribution in [2.24, 2.45) is 4.99 Å². The van der Waals surface area contributed by atoms with Gasteiger partial charge in [0, 0.05) is 56.9 Å². The van der Waals surface area contributed by atoms with E-state index in [-0.39, 0.29) is 0 Å². The van der Waals surface area contributed by atoms with Crippen molar-refractivity contribution in [2.45, 2.75) is 39.2 Å². The summed E-state index contributed by atoms with van der Waals surface area (Å²) in [6, 6.07) is 4.26. The van der Waals surface area contributed by atoms with E-state index < -0.39 is 0 Å². The van der Waals surface area contributed by atoms with E-state index in [0.717, 1.165) is 49.8 Å². The number of thiazole rings is 1. The first-order valence-corrected chi connectivity index (χ1v) is 10.2. The molecule has 1 fully saturated rings. The number of guanidine groups is 1. The van der Waals surface area contributed by atoms with Crippen molar-refractivity contribution in [3.8, 4) is 0 Å². The van der Waals surface area contributed by atoms with E-state index in [0.29, 0.717) is 6.54 Å². The van der Waals surface area contributed by atoms with Crippen molar-refractivity contribution in [1.82, 2.24) is 20.6 Å². The smallest absolute Gasteiger partial charge is 0.191 e. The molecule has 0 spiro atoms. The number of hydrogen-bond donors (Lipinski definition) is 2. The molecule has 0 radical (unpaired) electrons. The van der Waals surface area contributed by atoms with E-state index in [1.165, 1.54) is 22.7 Å². The Labute approximate surface area is 159 Å². The zero-order chi connectivity index (χ0) is 18.2. The summed E-state index contributed by atoms with van der Waals surface area (Å²) in [5.74, 6) is 1.89. The van der Waals surface area contributed by atoms with Crippen LogP contribution in [0, 0.1) is 0 Å². The number of aliphatic imine (C=N–C) groups is 1. The Balaban J connectivity index is 1.41. The van der Waals surface area contributed by atoms with Gasteiger partial charge in [0.2, 0.25) is 0 Å². The average Bonchev–Trinajstić information content (AvgIpc) is 3.37. The fourth-order valence-corrected chi connectivity index (χ4v) is 3.84. The molecule has 6 nitrogen and oxygen atoms in total. The summed E-state index contributed by atoms with van der Waals surface area (Å²) in [5.41, 5.74) is 1.16. The van der Waals surface area contributed by atoms with E-state index in [1.807, 2.05) is 12.4 Å². The minimum Gasteiger partial charge on any atom is -0.357 e. The van der Waals surface area contributed by atoms with Crippen LogP contribution >= 0.6 is 11.3 Å². The molecule has 2 aromatic heterocycles. The fourth-order valence-electron chi connectivity index (χ4n) is 2.98. The molecule has 26 heavy (non-hydrogen) atoms. The van der Waals surface area contributed by atoms with Gasteiger partial charge in [-0.15, -0.1) is 11.3 Å². The SMILES string of the molecule is CCc1cnc(CCNC(=NC)NCc2ccc(N3CCCC3)nc2)s1. The first-order valence-electron chi connectivity index (χ1n) is 9.36. The highest BCUT2D eigenvalue weighted by molar-refractivity contribution is 7.11. The average molecular weight is 373 g/mol. The Morgan fingerprint density at radius 2 is 2.04 bits per heavy atom. The van der Waals surface area contributed by atoms with E-state index in [2.05, 4.69) is 49.6 Å². The van der Waals surface area contributed by atoms with E-state index in [4.69, 9.17) is 0 Å². The maximum Gasteiger partial charge on any atom is 0.191 e. The quantitative estimate of drug-likeness (QED) is 0.578. The first kappa shape index (κ1) is 18.6. The second-order valence-corrected chi connectivity index (χ2v) is 7.59. The van der Waals surface area contributed by atoms with Crippen molar-refractivity contribution in [1.29, 1.82) is 0 Å². The lowest BCUT2D eigenvalue weighted by atomic mass is 10.3. The van der Waals surface area contributed by atoms with Gasteiger partial charge in [0.1, 0.15) is 5.82 Å². The molecule has 0 aromatic carbocycles. The van der Waals surface area contributed by atoms with Crippen LogP contribution in [-0.2, 0) is 19.4 Å². The summed E-state index contributed by atoms with van der Waals surface area (Å²) in [7, 11) is 1.79. The molecule has 0 saturated carbocycles. The number of pyridine rings is 1. The number of nitrogens with zero attached hydrogens (tertiary/aromatic N) is 4. The Kier molecular flexibility index (Phi) is 6.82. The maximum atomic E-state index is 4.60. The first-order chi connectivity index (χ1) is 12.8. The van der Waals surface area contributed by atoms with E-state index in [9.17, 15) is 0 Å². The third kappa shape index (κ3) is 5.17. The summed E-state index contributed by atoms with van der Waals surface area (Å²) >= 11 is 1.79. The lowest BCUT2D eigenvalue weighted by Gasteiger charge is -2.16. The molecule has 1 saturated heterocycles. The Morgan fingerprint density at radius 3 is 2.69 bits per heavy atom. The van der Waals surface area contributed by atoms with Crippen LogP contribution < -0.4 is 15.5 Å². The van der Waals surface area contributed by atoms with Crippen molar-refractivity contribution in [2.75, 3.05) is 31.6 Å². The van der Waals surface area contributed by atoms with Crippen LogP contribution in [0.1, 0.15) is 35.2 Å². The fraction of sp³-hybridized carbons (Fsp3) is 0.526. The van der Waals surface area contributed by atoms with E-state index in [1.54, 1.807) is 18.4 Å². The van der Waals surface area contributed by atoms with Crippen LogP contribution in [0.5, 0.6) is 0 Å². The molecule has 7 heteroatoms. The molecule has 0 amide bonds. The number of anilines is 1. The van der Waals surface area contributed by atoms with Gasteiger partial charge in [-0.2, -0.15) is 0 Å². The topological polar surface area (TPSA) is 65.4 Å². The van der Waals surface area contributed by atoms with Gasteiger partial charge in [0.25, 0.3) is 0 Å². The van der Waals surface area contributed by atoms with Gasteiger partial charge in [-0.05, 0) is 30.9 Å². The highest BCUT2D eigenvalue weighted by Gasteiger charge is 2.12. The Bertz CT molecular complexity index is 703. The number of aromatic nitrogens is 2. The molecule has 2 aromatic rings. The van der Waals surface area contributed by atoms with Crippen LogP contribution in [0.2, 0.25) is 0 Å². The molecule has 3 heterocycles. The van der Waals surface area contributed by atoms with Gasteiger partial charge in [-0.25, -0.2) is 9.97 Å². The lowest BCUT2D eigenvalue weighted by Crippen LogP contribution is -2.37. The Hall–Kier alpha value is -2.15. The molecule has 3 rings (SSSR count). The third-order valence-electron chi connectivity index (χ3n) is 4.50. The molecule has 1 aliphatic heterocycles. The molecule has 0 bridgehead atoms. The summed E-state index contributed by atoms with van der Waals surface area (Å²) in [6.45, 7) is 5.94. The largest absolute Gasteiger partial charge is 0.357 e. The molecule has 0 unspecified atom stereocenters. The molecular weight excluding hydrogens is 344 g/mol. The minimum absolute atomic E-state index is 0.712. The summed E-state index contributed by atoms with van der Waals surface area (Å²) < 4.78 is 0. The highest BCUT2D eigenvalue weighted by atomic mass is 32.1. The molecule has 0 aliphatic carbocycles. The zero-order valence-electron chi connectivity index (χ0n) is 15.7. The van der Waals surface area contributed by atoms with Crippen LogP contribution in [0.4, 0.5) is 5.82 Å². The third-order valence-corrected chi connectivity index (χ3v) is 5.71. The Morgan fingerprint density at radius 1 is 1.19 bits per heavy atom. The summed E-state index contributed by atoms with van der Waals surface area (Å²) in [5, 5.41) is 7.87. The van der Waals surface area contributed by atoms with Gasteiger partial charge in [0.05, 0.1) is 5.01 Å². The number of rotatable bonds is 7. The summed E-state index contributed by atoms with van der Waals surface area (Å²) in [4.78, 5) is 17.0. The van der Waals surface area contributed by atoms with Gasteiger partial charge < -0.3 is 15.5 Å². The summed E-state index contributed by atoms with van der Waals surface area (Å²) in [6.07, 6.45) is 8.44. The monoisotopic (exact) mass is 372 g/mol. The second kappa shape index (κ2) is 9.52. The highest BCUT2D eigenvalue weighted by Crippen LogP contribution is 2.17. The molecule has 140 valence electrons. The van der Waals surface area contributed by atoms with Gasteiger partial charge in [-0.1, -0.05) is 13.0 Å². The van der Waals surface area contributed by atoms with Gasteiger partial charge in [-0.3, -0.25) is 4.99 Å². The molecule has 2 N–H and O–H groups in total. The van der Waals surface area contributed by atoms with Gasteiger partial charge >= 0.3 is 0 Å². The maximum absolute atomic E-state index is 4.60. The van der Waals surface area contributed by atoms with Crippen LogP contribution in [0.3, 0.4) is 0 Å². The predicted molar refractivity (Wildman–Crippen MR) is 109 cm³/mol. The van der Waals surface area contributed by atoms with Crippen molar-refractivity contribution >= 4 is 23.1 Å².